The number of nitrogens with zero attached hydrogens (tertiary/aromatic N) is 1. The Kier molecular flexibility index (Phi) is 6.22. The summed E-state index contributed by atoms with van der Waals surface area (Å²) in [7, 11) is 1.83. The van der Waals surface area contributed by atoms with Crippen molar-refractivity contribution in [3.63, 3.8) is 0 Å². The monoisotopic (exact) mass is 298 g/mol. The Labute approximate surface area is 111 Å². The van der Waals surface area contributed by atoms with Crippen molar-refractivity contribution < 1.29 is 4.79 Å². The van der Waals surface area contributed by atoms with Crippen LogP contribution in [0.4, 0.5) is 0 Å². The van der Waals surface area contributed by atoms with Crippen molar-refractivity contribution in [1.29, 1.82) is 0 Å². The first-order valence-corrected chi connectivity index (χ1v) is 6.62. The Morgan fingerprint density at radius 3 is 2.88 bits per heavy atom. The van der Waals surface area contributed by atoms with E-state index in [1.807, 2.05) is 31.3 Å². The van der Waals surface area contributed by atoms with Gasteiger partial charge < -0.3 is 10.2 Å². The molecule has 0 saturated heterocycles. The molecular weight excluding hydrogens is 280 g/mol. The molecule has 1 aromatic carbocycles. The van der Waals surface area contributed by atoms with E-state index in [-0.39, 0.29) is 5.91 Å². The van der Waals surface area contributed by atoms with Crippen LogP contribution in [-0.2, 0) is 11.3 Å². The highest BCUT2D eigenvalue weighted by molar-refractivity contribution is 9.10. The fraction of sp³-hybridized carbons (Fsp3) is 0.462. The number of benzene rings is 1. The van der Waals surface area contributed by atoms with Crippen molar-refractivity contribution in [1.82, 2.24) is 10.2 Å². The Balaban J connectivity index is 2.43. The second-order valence-corrected chi connectivity index (χ2v) is 4.97. The molecule has 0 aliphatic rings. The lowest BCUT2D eigenvalue weighted by atomic mass is 10.2. The zero-order valence-electron chi connectivity index (χ0n) is 10.4. The average molecular weight is 299 g/mol. The number of carbonyl (C=O) groups excluding carboxylic acids is 1. The Morgan fingerprint density at radius 2 is 2.24 bits per heavy atom. The van der Waals surface area contributed by atoms with Crippen LogP contribution in [0.5, 0.6) is 0 Å². The molecule has 94 valence electrons. The highest BCUT2D eigenvalue weighted by Crippen LogP contribution is 2.12. The molecule has 0 aromatic heterocycles. The fourth-order valence-electron chi connectivity index (χ4n) is 1.50. The molecular formula is C13H19BrN2O. The molecule has 1 amide bonds. The first-order chi connectivity index (χ1) is 8.13. The van der Waals surface area contributed by atoms with Crippen molar-refractivity contribution in [3.8, 4) is 0 Å². The molecule has 4 heteroatoms. The minimum absolute atomic E-state index is 0.124. The summed E-state index contributed by atoms with van der Waals surface area (Å²) in [6.45, 7) is 4.03. The third-order valence-corrected chi connectivity index (χ3v) is 2.93. The normalized spacial score (nSPS) is 10.3. The molecule has 0 fully saturated rings. The Hall–Kier alpha value is -0.870. The first kappa shape index (κ1) is 14.2. The summed E-state index contributed by atoms with van der Waals surface area (Å²) in [4.78, 5) is 13.5. The van der Waals surface area contributed by atoms with Gasteiger partial charge in [0, 0.05) is 18.1 Å². The Morgan fingerprint density at radius 1 is 1.47 bits per heavy atom. The highest BCUT2D eigenvalue weighted by Gasteiger charge is 2.08. The summed E-state index contributed by atoms with van der Waals surface area (Å²) >= 11 is 3.42. The molecule has 0 spiro atoms. The van der Waals surface area contributed by atoms with Gasteiger partial charge in [0.15, 0.2) is 0 Å². The maximum atomic E-state index is 11.8. The third-order valence-electron chi connectivity index (χ3n) is 2.44. The van der Waals surface area contributed by atoms with Crippen LogP contribution < -0.4 is 5.32 Å². The van der Waals surface area contributed by atoms with Crippen LogP contribution in [0, 0.1) is 0 Å². The molecule has 0 heterocycles. The van der Waals surface area contributed by atoms with Gasteiger partial charge in [-0.05, 0) is 30.7 Å². The second-order valence-electron chi connectivity index (χ2n) is 4.06. The molecule has 0 aliphatic carbocycles. The molecule has 3 nitrogen and oxygen atoms in total. The maximum absolute atomic E-state index is 11.8. The summed E-state index contributed by atoms with van der Waals surface area (Å²) < 4.78 is 1.04. The van der Waals surface area contributed by atoms with Gasteiger partial charge in [-0.1, -0.05) is 35.0 Å². The lowest BCUT2D eigenvalue weighted by Gasteiger charge is -2.17. The lowest BCUT2D eigenvalue weighted by molar-refractivity contribution is -0.129. The van der Waals surface area contributed by atoms with Crippen molar-refractivity contribution >= 4 is 21.8 Å². The largest absolute Gasteiger partial charge is 0.340 e. The van der Waals surface area contributed by atoms with Gasteiger partial charge in [-0.2, -0.15) is 0 Å². The van der Waals surface area contributed by atoms with Gasteiger partial charge in [-0.25, -0.2) is 0 Å². The molecule has 1 N–H and O–H groups in total. The van der Waals surface area contributed by atoms with E-state index in [0.29, 0.717) is 13.1 Å². The van der Waals surface area contributed by atoms with Crippen LogP contribution >= 0.6 is 15.9 Å². The Bertz CT molecular complexity index is 368. The number of nitrogens with one attached hydrogen (secondary N) is 1. The molecule has 0 aliphatic heterocycles. The molecule has 1 rings (SSSR count). The minimum atomic E-state index is 0.124. The van der Waals surface area contributed by atoms with Gasteiger partial charge in [0.05, 0.1) is 6.54 Å². The molecule has 0 unspecified atom stereocenters. The van der Waals surface area contributed by atoms with Gasteiger partial charge in [-0.3, -0.25) is 4.79 Å². The topological polar surface area (TPSA) is 32.3 Å². The van der Waals surface area contributed by atoms with Gasteiger partial charge >= 0.3 is 0 Å². The smallest absolute Gasteiger partial charge is 0.236 e. The molecule has 1 aromatic rings. The average Bonchev–Trinajstić information content (AvgIpc) is 2.29. The van der Waals surface area contributed by atoms with Crippen molar-refractivity contribution in [2.45, 2.75) is 19.9 Å². The van der Waals surface area contributed by atoms with Gasteiger partial charge in [0.1, 0.15) is 0 Å². The third kappa shape index (κ3) is 5.33. The molecule has 0 radical (unpaired) electrons. The zero-order chi connectivity index (χ0) is 12.7. The number of amides is 1. The molecule has 0 atom stereocenters. The number of likely N-dealkylation sites (N-methyl/N-ethyl adjacent to an activating group) is 1. The van der Waals surface area contributed by atoms with E-state index in [1.165, 1.54) is 0 Å². The van der Waals surface area contributed by atoms with Crippen LogP contribution in [0.2, 0.25) is 0 Å². The van der Waals surface area contributed by atoms with Gasteiger partial charge in [0.25, 0.3) is 0 Å². The van der Waals surface area contributed by atoms with Gasteiger partial charge in [0.2, 0.25) is 5.91 Å². The van der Waals surface area contributed by atoms with E-state index in [0.717, 1.165) is 23.0 Å². The summed E-state index contributed by atoms with van der Waals surface area (Å²) in [5, 5.41) is 3.11. The number of rotatable bonds is 6. The lowest BCUT2D eigenvalue weighted by Crippen LogP contribution is -2.35. The fourth-order valence-corrected chi connectivity index (χ4v) is 1.95. The van der Waals surface area contributed by atoms with Gasteiger partial charge in [-0.15, -0.1) is 0 Å². The summed E-state index contributed by atoms with van der Waals surface area (Å²) in [5.74, 6) is 0.124. The number of hydrogen-bond donors (Lipinski definition) is 1. The first-order valence-electron chi connectivity index (χ1n) is 5.82. The van der Waals surface area contributed by atoms with Crippen LogP contribution in [0.25, 0.3) is 0 Å². The molecule has 17 heavy (non-hydrogen) atoms. The summed E-state index contributed by atoms with van der Waals surface area (Å²) in [5.41, 5.74) is 1.13. The maximum Gasteiger partial charge on any atom is 0.236 e. The number of hydrogen-bond acceptors (Lipinski definition) is 2. The standard InChI is InChI=1S/C13H19BrN2O/c1-3-7-15-9-13(17)16(2)10-11-5-4-6-12(14)8-11/h4-6,8,15H,3,7,9-10H2,1-2H3. The number of halogens is 1. The molecule has 0 bridgehead atoms. The van der Waals surface area contributed by atoms with Crippen LogP contribution in [0.1, 0.15) is 18.9 Å². The predicted molar refractivity (Wildman–Crippen MR) is 73.8 cm³/mol. The van der Waals surface area contributed by atoms with Crippen molar-refractivity contribution in [2.24, 2.45) is 0 Å². The van der Waals surface area contributed by atoms with Crippen LogP contribution in [-0.4, -0.2) is 30.9 Å². The van der Waals surface area contributed by atoms with E-state index in [9.17, 15) is 4.79 Å². The summed E-state index contributed by atoms with van der Waals surface area (Å²) in [6.07, 6.45) is 1.04. The number of carbonyl (C=O) groups is 1. The van der Waals surface area contributed by atoms with Crippen LogP contribution in [0.3, 0.4) is 0 Å². The van der Waals surface area contributed by atoms with E-state index < -0.39 is 0 Å². The second kappa shape index (κ2) is 7.45. The minimum Gasteiger partial charge on any atom is -0.340 e. The highest BCUT2D eigenvalue weighted by atomic mass is 79.9. The molecule has 0 saturated carbocycles. The summed E-state index contributed by atoms with van der Waals surface area (Å²) in [6, 6.07) is 8.01. The van der Waals surface area contributed by atoms with Crippen LogP contribution in [0.15, 0.2) is 28.7 Å². The van der Waals surface area contributed by atoms with E-state index >= 15 is 0 Å². The SMILES string of the molecule is CCCNCC(=O)N(C)Cc1cccc(Br)c1. The van der Waals surface area contributed by atoms with E-state index in [2.05, 4.69) is 28.2 Å². The quantitative estimate of drug-likeness (QED) is 0.818. The van der Waals surface area contributed by atoms with Crippen molar-refractivity contribution in [2.75, 3.05) is 20.1 Å². The predicted octanol–water partition coefficient (Wildman–Crippen LogP) is 2.41. The van der Waals surface area contributed by atoms with E-state index in [4.69, 9.17) is 0 Å². The zero-order valence-corrected chi connectivity index (χ0v) is 12.0. The van der Waals surface area contributed by atoms with Crippen molar-refractivity contribution in [3.05, 3.63) is 34.3 Å². The van der Waals surface area contributed by atoms with E-state index in [1.54, 1.807) is 4.90 Å².